The molecule has 0 bridgehead atoms. The third-order valence-corrected chi connectivity index (χ3v) is 4.08. The molecule has 2 amide bonds. The molecule has 4 rings (SSSR count). The van der Waals surface area contributed by atoms with Gasteiger partial charge in [-0.1, -0.05) is 30.3 Å². The molecule has 25 heavy (non-hydrogen) atoms. The number of fused-ring (bicyclic) bond motifs is 2. The number of H-pyrrole nitrogens is 1. The van der Waals surface area contributed by atoms with Gasteiger partial charge < -0.3 is 10.3 Å². The number of rotatable bonds is 2. The van der Waals surface area contributed by atoms with E-state index in [1.165, 1.54) is 7.05 Å². The van der Waals surface area contributed by atoms with Crippen LogP contribution >= 0.6 is 0 Å². The number of aliphatic imine (C=N–C) groups is 1. The highest BCUT2D eigenvalue weighted by atomic mass is 16.2. The molecule has 0 spiro atoms. The summed E-state index contributed by atoms with van der Waals surface area (Å²) in [6.07, 6.45) is 0. The summed E-state index contributed by atoms with van der Waals surface area (Å²) in [7, 11) is 1.54. The Hall–Kier alpha value is -3.48. The van der Waals surface area contributed by atoms with Gasteiger partial charge in [-0.15, -0.1) is 0 Å². The smallest absolute Gasteiger partial charge is 0.321 e. The van der Waals surface area contributed by atoms with E-state index < -0.39 is 0 Å². The maximum atomic E-state index is 12.0. The lowest BCUT2D eigenvalue weighted by atomic mass is 9.92. The first-order valence-corrected chi connectivity index (χ1v) is 7.81. The summed E-state index contributed by atoms with van der Waals surface area (Å²) in [6.45, 7) is 0.150. The van der Waals surface area contributed by atoms with E-state index in [1.54, 1.807) is 0 Å². The Balaban J connectivity index is 1.75. The molecule has 3 N–H and O–H groups in total. The largest absolute Gasteiger partial charge is 0.341 e. The van der Waals surface area contributed by atoms with E-state index in [-0.39, 0.29) is 18.4 Å². The van der Waals surface area contributed by atoms with Gasteiger partial charge in [-0.2, -0.15) is 0 Å². The van der Waals surface area contributed by atoms with Crippen molar-refractivity contribution >= 4 is 34.5 Å². The van der Waals surface area contributed by atoms with Crippen LogP contribution in [-0.2, 0) is 0 Å². The Bertz CT molecular complexity index is 1030. The van der Waals surface area contributed by atoms with Crippen LogP contribution in [0.15, 0.2) is 47.5 Å². The number of hydrogen-bond acceptors (Lipinski definition) is 4. The first-order chi connectivity index (χ1) is 12.2. The summed E-state index contributed by atoms with van der Waals surface area (Å²) in [4.78, 5) is 35.3. The molecular weight excluding hydrogens is 318 g/mol. The summed E-state index contributed by atoms with van der Waals surface area (Å²) < 4.78 is 0. The SMILES string of the molecule is CNC(=O)Nc1nc2ccc(C3=NCC(=O)c4ccccc43)cc2[nH]1. The Morgan fingerprint density at radius 1 is 1.16 bits per heavy atom. The number of aromatic amines is 1. The number of urea groups is 1. The maximum absolute atomic E-state index is 12.0. The number of ketones is 1. The molecule has 2 aromatic carbocycles. The standard InChI is InChI=1S/C18H15N5O2/c1-19-18(25)23-17-21-13-7-6-10(8-14(13)22-17)16-12-5-3-2-4-11(12)15(24)9-20-16/h2-8H,9H2,1H3,(H3,19,21,22,23,25). The van der Waals surface area contributed by atoms with Crippen LogP contribution < -0.4 is 10.6 Å². The molecule has 0 atom stereocenters. The minimum Gasteiger partial charge on any atom is -0.341 e. The van der Waals surface area contributed by atoms with Crippen LogP contribution in [0.4, 0.5) is 10.7 Å². The van der Waals surface area contributed by atoms with Gasteiger partial charge in [0.15, 0.2) is 5.78 Å². The number of anilines is 1. The molecule has 0 aliphatic carbocycles. The van der Waals surface area contributed by atoms with Crippen molar-refractivity contribution in [2.75, 3.05) is 18.9 Å². The number of Topliss-reactive ketones (excluding diaryl/α,β-unsaturated/α-hetero) is 1. The van der Waals surface area contributed by atoms with E-state index >= 15 is 0 Å². The van der Waals surface area contributed by atoms with Gasteiger partial charge in [0.05, 0.1) is 16.7 Å². The van der Waals surface area contributed by atoms with Gasteiger partial charge in [-0.05, 0) is 12.1 Å². The molecule has 0 unspecified atom stereocenters. The van der Waals surface area contributed by atoms with Gasteiger partial charge >= 0.3 is 6.03 Å². The number of imidazole rings is 1. The van der Waals surface area contributed by atoms with Crippen LogP contribution in [0.3, 0.4) is 0 Å². The molecule has 0 fully saturated rings. The van der Waals surface area contributed by atoms with Gasteiger partial charge in [0.1, 0.15) is 6.54 Å². The van der Waals surface area contributed by atoms with E-state index in [4.69, 9.17) is 0 Å². The fourth-order valence-electron chi connectivity index (χ4n) is 2.89. The fourth-order valence-corrected chi connectivity index (χ4v) is 2.89. The lowest BCUT2D eigenvalue weighted by molar-refractivity contribution is 0.1000. The molecule has 0 saturated carbocycles. The van der Waals surface area contributed by atoms with Gasteiger partial charge in [-0.3, -0.25) is 15.1 Å². The summed E-state index contributed by atoms with van der Waals surface area (Å²) in [5.41, 5.74) is 4.72. The summed E-state index contributed by atoms with van der Waals surface area (Å²) in [5, 5.41) is 5.08. The number of nitrogens with one attached hydrogen (secondary N) is 3. The first kappa shape index (κ1) is 15.1. The molecule has 1 aromatic heterocycles. The van der Waals surface area contributed by atoms with Crippen molar-refractivity contribution in [3.05, 3.63) is 59.2 Å². The van der Waals surface area contributed by atoms with Crippen molar-refractivity contribution in [2.24, 2.45) is 4.99 Å². The van der Waals surface area contributed by atoms with E-state index in [0.29, 0.717) is 11.5 Å². The minimum absolute atomic E-state index is 0.0269. The average Bonchev–Trinajstić information content (AvgIpc) is 3.03. The number of aromatic nitrogens is 2. The van der Waals surface area contributed by atoms with Crippen LogP contribution in [0.5, 0.6) is 0 Å². The van der Waals surface area contributed by atoms with Gasteiger partial charge in [0.25, 0.3) is 0 Å². The number of benzene rings is 2. The van der Waals surface area contributed by atoms with Gasteiger partial charge in [0.2, 0.25) is 5.95 Å². The summed E-state index contributed by atoms with van der Waals surface area (Å²) in [5.74, 6) is 0.395. The van der Waals surface area contributed by atoms with Crippen molar-refractivity contribution in [2.45, 2.75) is 0 Å². The summed E-state index contributed by atoms with van der Waals surface area (Å²) >= 11 is 0. The molecule has 0 saturated heterocycles. The molecule has 1 aliphatic rings. The highest BCUT2D eigenvalue weighted by Gasteiger charge is 2.21. The van der Waals surface area contributed by atoms with E-state index in [9.17, 15) is 9.59 Å². The zero-order valence-corrected chi connectivity index (χ0v) is 13.5. The lowest BCUT2D eigenvalue weighted by Gasteiger charge is -2.16. The highest BCUT2D eigenvalue weighted by Crippen LogP contribution is 2.23. The van der Waals surface area contributed by atoms with Gasteiger partial charge in [0, 0.05) is 23.7 Å². The summed E-state index contributed by atoms with van der Waals surface area (Å²) in [6, 6.07) is 12.8. The number of hydrogen-bond donors (Lipinski definition) is 3. The third kappa shape index (κ3) is 2.65. The molecule has 0 radical (unpaired) electrons. The molecule has 7 heteroatoms. The number of carbonyl (C=O) groups is 2. The zero-order chi connectivity index (χ0) is 17.4. The van der Waals surface area contributed by atoms with Crippen molar-refractivity contribution in [3.63, 3.8) is 0 Å². The normalized spacial score (nSPS) is 13.3. The Morgan fingerprint density at radius 2 is 1.96 bits per heavy atom. The average molecular weight is 333 g/mol. The molecule has 1 aliphatic heterocycles. The van der Waals surface area contributed by atoms with E-state index in [1.807, 2.05) is 42.5 Å². The molecular formula is C18H15N5O2. The second-order valence-electron chi connectivity index (χ2n) is 5.66. The third-order valence-electron chi connectivity index (χ3n) is 4.08. The molecule has 2 heterocycles. The quantitative estimate of drug-likeness (QED) is 0.671. The number of carbonyl (C=O) groups excluding carboxylic acids is 2. The highest BCUT2D eigenvalue weighted by molar-refractivity contribution is 6.22. The van der Waals surface area contributed by atoms with Crippen molar-refractivity contribution in [1.29, 1.82) is 0 Å². The fraction of sp³-hybridized carbons (Fsp3) is 0.111. The van der Waals surface area contributed by atoms with E-state index in [2.05, 4.69) is 25.6 Å². The van der Waals surface area contributed by atoms with Crippen LogP contribution in [0.2, 0.25) is 0 Å². The topological polar surface area (TPSA) is 99.2 Å². The first-order valence-electron chi connectivity index (χ1n) is 7.81. The molecule has 3 aromatic rings. The molecule has 124 valence electrons. The minimum atomic E-state index is -0.344. The predicted octanol–water partition coefficient (Wildman–Crippen LogP) is 2.35. The Labute approximate surface area is 143 Å². The van der Waals surface area contributed by atoms with Gasteiger partial charge in [-0.25, -0.2) is 9.78 Å². The van der Waals surface area contributed by atoms with Crippen molar-refractivity contribution in [1.82, 2.24) is 15.3 Å². The van der Waals surface area contributed by atoms with Crippen LogP contribution in [0.25, 0.3) is 11.0 Å². The lowest BCUT2D eigenvalue weighted by Crippen LogP contribution is -2.24. The Morgan fingerprint density at radius 3 is 2.76 bits per heavy atom. The van der Waals surface area contributed by atoms with Crippen LogP contribution in [0, 0.1) is 0 Å². The second-order valence-corrected chi connectivity index (χ2v) is 5.66. The van der Waals surface area contributed by atoms with Crippen molar-refractivity contribution < 1.29 is 9.59 Å². The number of nitrogens with zero attached hydrogens (tertiary/aromatic N) is 2. The second kappa shape index (κ2) is 5.86. The Kier molecular flexibility index (Phi) is 3.53. The van der Waals surface area contributed by atoms with E-state index in [0.717, 1.165) is 27.9 Å². The van der Waals surface area contributed by atoms with Crippen LogP contribution in [-0.4, -0.2) is 41.1 Å². The van der Waals surface area contributed by atoms with Crippen molar-refractivity contribution in [3.8, 4) is 0 Å². The predicted molar refractivity (Wildman–Crippen MR) is 95.5 cm³/mol. The monoisotopic (exact) mass is 333 g/mol. The molecule has 7 nitrogen and oxygen atoms in total. The maximum Gasteiger partial charge on any atom is 0.321 e. The van der Waals surface area contributed by atoms with Crippen LogP contribution in [0.1, 0.15) is 21.5 Å². The number of amides is 2. The zero-order valence-electron chi connectivity index (χ0n) is 13.5.